The number of carbonyl (C=O) groups excluding carboxylic acids is 1. The first-order valence-electron chi connectivity index (χ1n) is 8.00. The average molecular weight is 306 g/mol. The Kier molecular flexibility index (Phi) is 4.45. The van der Waals surface area contributed by atoms with Gasteiger partial charge < -0.3 is 15.8 Å². The third-order valence-corrected chi connectivity index (χ3v) is 4.92. The molecule has 1 saturated heterocycles. The van der Waals surface area contributed by atoms with Crippen molar-refractivity contribution in [3.8, 4) is 0 Å². The molecule has 0 spiro atoms. The van der Waals surface area contributed by atoms with E-state index in [0.717, 1.165) is 18.4 Å². The van der Waals surface area contributed by atoms with E-state index in [4.69, 9.17) is 10.5 Å². The molecule has 1 saturated carbocycles. The molecule has 3 rings (SSSR count). The Morgan fingerprint density at radius 1 is 1.41 bits per heavy atom. The summed E-state index contributed by atoms with van der Waals surface area (Å²) >= 11 is 0. The van der Waals surface area contributed by atoms with Crippen molar-refractivity contribution in [2.45, 2.75) is 37.1 Å². The van der Waals surface area contributed by atoms with Crippen molar-refractivity contribution in [2.24, 2.45) is 11.7 Å². The van der Waals surface area contributed by atoms with E-state index in [-0.39, 0.29) is 17.8 Å². The summed E-state index contributed by atoms with van der Waals surface area (Å²) < 4.78 is 19.1. The summed E-state index contributed by atoms with van der Waals surface area (Å²) in [6.07, 6.45) is 3.39. The zero-order chi connectivity index (χ0) is 15.6. The molecule has 1 aliphatic carbocycles. The van der Waals surface area contributed by atoms with Crippen LogP contribution in [0, 0.1) is 11.7 Å². The Labute approximate surface area is 130 Å². The minimum atomic E-state index is -0.706. The maximum Gasteiger partial charge on any atom is 0.231 e. The second kappa shape index (κ2) is 6.34. The lowest BCUT2D eigenvalue weighted by molar-refractivity contribution is -0.131. The van der Waals surface area contributed by atoms with Crippen molar-refractivity contribution in [3.63, 3.8) is 0 Å². The lowest BCUT2D eigenvalue weighted by Crippen LogP contribution is -2.53. The summed E-state index contributed by atoms with van der Waals surface area (Å²) in [7, 11) is 0. The number of rotatable bonds is 5. The average Bonchev–Trinajstić information content (AvgIpc) is 3.38. The van der Waals surface area contributed by atoms with Crippen LogP contribution in [0.2, 0.25) is 0 Å². The molecule has 3 N–H and O–H groups in total. The monoisotopic (exact) mass is 306 g/mol. The van der Waals surface area contributed by atoms with Crippen LogP contribution in [-0.2, 0) is 14.9 Å². The second-order valence-electron chi connectivity index (χ2n) is 6.36. The number of halogens is 1. The van der Waals surface area contributed by atoms with Gasteiger partial charge in [-0.15, -0.1) is 0 Å². The van der Waals surface area contributed by atoms with Gasteiger partial charge >= 0.3 is 0 Å². The molecular formula is C17H23FN2O2. The largest absolute Gasteiger partial charge is 0.381 e. The van der Waals surface area contributed by atoms with E-state index in [1.54, 1.807) is 6.07 Å². The molecule has 1 aromatic rings. The quantitative estimate of drug-likeness (QED) is 0.871. The molecule has 0 bridgehead atoms. The molecule has 0 radical (unpaired) electrons. The van der Waals surface area contributed by atoms with Crippen LogP contribution in [0.25, 0.3) is 0 Å². The van der Waals surface area contributed by atoms with Crippen LogP contribution in [-0.4, -0.2) is 31.7 Å². The topological polar surface area (TPSA) is 64.3 Å². The summed E-state index contributed by atoms with van der Waals surface area (Å²) in [4.78, 5) is 13.0. The maximum atomic E-state index is 13.6. The van der Waals surface area contributed by atoms with Gasteiger partial charge in [0.1, 0.15) is 5.82 Å². The number of hydrogen-bond donors (Lipinski definition) is 2. The van der Waals surface area contributed by atoms with Gasteiger partial charge in [-0.25, -0.2) is 4.39 Å². The maximum absolute atomic E-state index is 13.6. The lowest BCUT2D eigenvalue weighted by Gasteiger charge is -2.37. The highest BCUT2D eigenvalue weighted by Gasteiger charge is 2.43. The van der Waals surface area contributed by atoms with E-state index < -0.39 is 5.41 Å². The van der Waals surface area contributed by atoms with Crippen molar-refractivity contribution in [1.29, 1.82) is 0 Å². The molecular weight excluding hydrogens is 283 g/mol. The standard InChI is InChI=1S/C17H23FN2O2/c18-14-3-1-2-13(10-14)17(6-8-22-9-7-17)16(21)20-15(11-19)12-4-5-12/h1-3,10,12,15H,4-9,11,19H2,(H,20,21). The molecule has 120 valence electrons. The molecule has 1 aromatic carbocycles. The van der Waals surface area contributed by atoms with Crippen molar-refractivity contribution in [3.05, 3.63) is 35.6 Å². The Hall–Kier alpha value is -1.46. The van der Waals surface area contributed by atoms with Crippen molar-refractivity contribution in [1.82, 2.24) is 5.32 Å². The van der Waals surface area contributed by atoms with Crippen LogP contribution in [0.3, 0.4) is 0 Å². The first kappa shape index (κ1) is 15.4. The van der Waals surface area contributed by atoms with Crippen LogP contribution in [0.4, 0.5) is 4.39 Å². The molecule has 22 heavy (non-hydrogen) atoms. The first-order valence-corrected chi connectivity index (χ1v) is 8.00. The predicted molar refractivity (Wildman–Crippen MR) is 81.8 cm³/mol. The van der Waals surface area contributed by atoms with E-state index in [1.807, 2.05) is 6.07 Å². The highest BCUT2D eigenvalue weighted by atomic mass is 19.1. The minimum absolute atomic E-state index is 0.0285. The number of hydrogen-bond acceptors (Lipinski definition) is 3. The van der Waals surface area contributed by atoms with E-state index in [0.29, 0.717) is 38.5 Å². The smallest absolute Gasteiger partial charge is 0.231 e. The lowest BCUT2D eigenvalue weighted by atomic mass is 9.73. The minimum Gasteiger partial charge on any atom is -0.381 e. The number of ether oxygens (including phenoxy) is 1. The Bertz CT molecular complexity index is 539. The second-order valence-corrected chi connectivity index (χ2v) is 6.36. The van der Waals surface area contributed by atoms with Gasteiger partial charge in [-0.2, -0.15) is 0 Å². The third-order valence-electron chi connectivity index (χ3n) is 4.92. The molecule has 5 heteroatoms. The van der Waals surface area contributed by atoms with Gasteiger partial charge in [0.25, 0.3) is 0 Å². The van der Waals surface area contributed by atoms with Crippen molar-refractivity contribution >= 4 is 5.91 Å². The summed E-state index contributed by atoms with van der Waals surface area (Å²) in [6.45, 7) is 1.48. The van der Waals surface area contributed by atoms with E-state index >= 15 is 0 Å². The Balaban J connectivity index is 1.86. The SMILES string of the molecule is NCC(NC(=O)C1(c2cccc(F)c2)CCOCC1)C1CC1. The summed E-state index contributed by atoms with van der Waals surface area (Å²) in [6, 6.07) is 6.40. The van der Waals surface area contributed by atoms with Gasteiger partial charge in [0.05, 0.1) is 5.41 Å². The summed E-state index contributed by atoms with van der Waals surface area (Å²) in [5, 5.41) is 3.12. The van der Waals surface area contributed by atoms with E-state index in [2.05, 4.69) is 5.32 Å². The van der Waals surface area contributed by atoms with Crippen LogP contribution in [0.1, 0.15) is 31.2 Å². The fraction of sp³-hybridized carbons (Fsp3) is 0.588. The first-order chi connectivity index (χ1) is 10.7. The normalized spacial score (nSPS) is 22.1. The number of nitrogens with two attached hydrogens (primary N) is 1. The zero-order valence-electron chi connectivity index (χ0n) is 12.7. The fourth-order valence-electron chi connectivity index (χ4n) is 3.33. The van der Waals surface area contributed by atoms with Crippen LogP contribution in [0.15, 0.2) is 24.3 Å². The Morgan fingerprint density at radius 2 is 2.14 bits per heavy atom. The van der Waals surface area contributed by atoms with Gasteiger partial charge in [-0.3, -0.25) is 4.79 Å². The fourth-order valence-corrected chi connectivity index (χ4v) is 3.33. The highest BCUT2D eigenvalue weighted by molar-refractivity contribution is 5.88. The van der Waals surface area contributed by atoms with Gasteiger partial charge in [-0.05, 0) is 49.3 Å². The molecule has 1 amide bonds. The van der Waals surface area contributed by atoms with E-state index in [1.165, 1.54) is 12.1 Å². The summed E-state index contributed by atoms with van der Waals surface area (Å²) in [5.74, 6) is 0.149. The van der Waals surface area contributed by atoms with Gasteiger partial charge in [-0.1, -0.05) is 12.1 Å². The molecule has 1 aliphatic heterocycles. The molecule has 0 aromatic heterocycles. The molecule has 1 unspecified atom stereocenters. The van der Waals surface area contributed by atoms with Gasteiger partial charge in [0, 0.05) is 25.8 Å². The Morgan fingerprint density at radius 3 is 2.73 bits per heavy atom. The van der Waals surface area contributed by atoms with Crippen LogP contribution >= 0.6 is 0 Å². The van der Waals surface area contributed by atoms with Crippen LogP contribution < -0.4 is 11.1 Å². The van der Waals surface area contributed by atoms with E-state index in [9.17, 15) is 9.18 Å². The number of benzene rings is 1. The zero-order valence-corrected chi connectivity index (χ0v) is 12.7. The van der Waals surface area contributed by atoms with Gasteiger partial charge in [0.2, 0.25) is 5.91 Å². The highest BCUT2D eigenvalue weighted by Crippen LogP contribution is 2.37. The number of nitrogens with one attached hydrogen (secondary N) is 1. The molecule has 1 atom stereocenters. The third kappa shape index (κ3) is 3.01. The number of amides is 1. The van der Waals surface area contributed by atoms with Crippen molar-refractivity contribution in [2.75, 3.05) is 19.8 Å². The number of carbonyl (C=O) groups is 1. The predicted octanol–water partition coefficient (Wildman–Crippen LogP) is 1.73. The summed E-state index contributed by atoms with van der Waals surface area (Å²) in [5.41, 5.74) is 5.83. The van der Waals surface area contributed by atoms with Crippen LogP contribution in [0.5, 0.6) is 0 Å². The molecule has 4 nitrogen and oxygen atoms in total. The molecule has 2 fully saturated rings. The van der Waals surface area contributed by atoms with Crippen molar-refractivity contribution < 1.29 is 13.9 Å². The molecule has 1 heterocycles. The van der Waals surface area contributed by atoms with Gasteiger partial charge in [0.15, 0.2) is 0 Å². The molecule has 2 aliphatic rings.